The summed E-state index contributed by atoms with van der Waals surface area (Å²) in [5.41, 5.74) is 0.313. The summed E-state index contributed by atoms with van der Waals surface area (Å²) < 4.78 is 29.9. The molecule has 0 unspecified atom stereocenters. The van der Waals surface area contributed by atoms with Crippen LogP contribution in [0.1, 0.15) is 16.1 Å². The highest BCUT2D eigenvalue weighted by Crippen LogP contribution is 2.37. The van der Waals surface area contributed by atoms with Crippen molar-refractivity contribution in [2.75, 3.05) is 19.5 Å². The topological polar surface area (TPSA) is 73.6 Å². The van der Waals surface area contributed by atoms with Crippen molar-refractivity contribution in [2.24, 2.45) is 0 Å². The fraction of sp³-hybridized carbons (Fsp3) is 0.158. The van der Waals surface area contributed by atoms with Crippen LogP contribution in [0.25, 0.3) is 11.3 Å². The first-order chi connectivity index (χ1) is 13.4. The van der Waals surface area contributed by atoms with Gasteiger partial charge in [-0.2, -0.15) is 0 Å². The quantitative estimate of drug-likeness (QED) is 0.596. The van der Waals surface area contributed by atoms with Gasteiger partial charge in [0.1, 0.15) is 34.3 Å². The maximum absolute atomic E-state index is 14.3. The molecule has 1 N–H and O–H groups in total. The van der Waals surface area contributed by atoms with Gasteiger partial charge in [0.05, 0.1) is 35.5 Å². The number of ether oxygens (including phenoxy) is 2. The fourth-order valence-electron chi connectivity index (χ4n) is 2.68. The molecule has 0 saturated carbocycles. The molecular weight excluding hydrogens is 410 g/mol. The predicted molar refractivity (Wildman–Crippen MR) is 104 cm³/mol. The second-order valence-corrected chi connectivity index (χ2v) is 6.51. The third-order valence-electron chi connectivity index (χ3n) is 4.01. The van der Waals surface area contributed by atoms with Crippen molar-refractivity contribution in [1.29, 1.82) is 0 Å². The van der Waals surface area contributed by atoms with Crippen LogP contribution in [0.4, 0.5) is 10.1 Å². The van der Waals surface area contributed by atoms with Crippen LogP contribution in [0, 0.1) is 12.7 Å². The van der Waals surface area contributed by atoms with Crippen LogP contribution >= 0.6 is 23.2 Å². The van der Waals surface area contributed by atoms with Crippen molar-refractivity contribution in [3.63, 3.8) is 0 Å². The summed E-state index contributed by atoms with van der Waals surface area (Å²) in [5, 5.41) is 6.88. The summed E-state index contributed by atoms with van der Waals surface area (Å²) in [6.07, 6.45) is 0. The Balaban J connectivity index is 2.04. The molecule has 0 fully saturated rings. The van der Waals surface area contributed by atoms with Gasteiger partial charge in [-0.25, -0.2) is 4.39 Å². The summed E-state index contributed by atoms with van der Waals surface area (Å²) in [6, 6.07) is 7.19. The predicted octanol–water partition coefficient (Wildman–Crippen LogP) is 5.37. The molecule has 0 radical (unpaired) electrons. The van der Waals surface area contributed by atoms with E-state index in [0.29, 0.717) is 17.2 Å². The molecule has 28 heavy (non-hydrogen) atoms. The standard InChI is InChI=1S/C19H15Cl2FN2O4/c1-9-16(18(24-28-9)17-10(20)5-4-6-12(17)22)19(25)23-13-7-11(21)14(26-2)8-15(13)27-3/h4-8H,1-3H3,(H,23,25). The Kier molecular flexibility index (Phi) is 5.76. The van der Waals surface area contributed by atoms with Gasteiger partial charge >= 0.3 is 0 Å². The smallest absolute Gasteiger partial charge is 0.261 e. The van der Waals surface area contributed by atoms with Crippen molar-refractivity contribution in [1.82, 2.24) is 5.16 Å². The number of hydrogen-bond acceptors (Lipinski definition) is 5. The minimum absolute atomic E-state index is 0.00308. The van der Waals surface area contributed by atoms with E-state index in [2.05, 4.69) is 10.5 Å². The molecule has 0 bridgehead atoms. The number of carbonyl (C=O) groups excluding carboxylic acids is 1. The molecule has 0 aliphatic carbocycles. The van der Waals surface area contributed by atoms with E-state index in [-0.39, 0.29) is 32.6 Å². The zero-order chi connectivity index (χ0) is 20.4. The Bertz CT molecular complexity index is 1030. The Hall–Kier alpha value is -2.77. The highest BCUT2D eigenvalue weighted by Gasteiger charge is 2.26. The van der Waals surface area contributed by atoms with Crippen molar-refractivity contribution in [3.05, 3.63) is 57.5 Å². The van der Waals surface area contributed by atoms with E-state index in [1.807, 2.05) is 0 Å². The van der Waals surface area contributed by atoms with Gasteiger partial charge in [0.15, 0.2) is 0 Å². The summed E-state index contributed by atoms with van der Waals surface area (Å²) >= 11 is 12.2. The number of aryl methyl sites for hydroxylation is 1. The monoisotopic (exact) mass is 424 g/mol. The van der Waals surface area contributed by atoms with E-state index < -0.39 is 11.7 Å². The molecule has 1 amide bonds. The van der Waals surface area contributed by atoms with Gasteiger partial charge in [0.25, 0.3) is 5.91 Å². The second-order valence-electron chi connectivity index (χ2n) is 5.70. The molecule has 1 heterocycles. The van der Waals surface area contributed by atoms with Gasteiger partial charge in [-0.05, 0) is 25.1 Å². The lowest BCUT2D eigenvalue weighted by atomic mass is 10.0. The number of hydrogen-bond donors (Lipinski definition) is 1. The molecule has 0 saturated heterocycles. The molecule has 0 atom stereocenters. The molecule has 9 heteroatoms. The molecule has 3 rings (SSSR count). The van der Waals surface area contributed by atoms with Crippen molar-refractivity contribution in [3.8, 4) is 22.8 Å². The van der Waals surface area contributed by atoms with E-state index in [9.17, 15) is 9.18 Å². The minimum Gasteiger partial charge on any atom is -0.495 e. The molecule has 1 aromatic heterocycles. The lowest BCUT2D eigenvalue weighted by Gasteiger charge is -2.13. The molecule has 3 aromatic rings. The Labute approximate surface area is 170 Å². The number of amides is 1. The normalized spacial score (nSPS) is 10.6. The average molecular weight is 425 g/mol. The van der Waals surface area contributed by atoms with Gasteiger partial charge in [-0.1, -0.05) is 34.4 Å². The molecule has 0 spiro atoms. The molecule has 0 aliphatic rings. The summed E-state index contributed by atoms with van der Waals surface area (Å²) in [6.45, 7) is 1.54. The van der Waals surface area contributed by atoms with Crippen molar-refractivity contribution in [2.45, 2.75) is 6.92 Å². The number of benzene rings is 2. The Morgan fingerprint density at radius 3 is 2.50 bits per heavy atom. The number of aromatic nitrogens is 1. The highest BCUT2D eigenvalue weighted by molar-refractivity contribution is 6.33. The van der Waals surface area contributed by atoms with Gasteiger partial charge in [0.2, 0.25) is 0 Å². The Morgan fingerprint density at radius 1 is 1.14 bits per heavy atom. The van der Waals surface area contributed by atoms with Crippen molar-refractivity contribution < 1.29 is 23.2 Å². The largest absolute Gasteiger partial charge is 0.495 e. The Morgan fingerprint density at radius 2 is 1.86 bits per heavy atom. The minimum atomic E-state index is -0.625. The van der Waals surface area contributed by atoms with Crippen LogP contribution in [0.3, 0.4) is 0 Å². The lowest BCUT2D eigenvalue weighted by Crippen LogP contribution is -2.14. The van der Waals surface area contributed by atoms with Crippen LogP contribution in [-0.2, 0) is 0 Å². The van der Waals surface area contributed by atoms with E-state index in [4.69, 9.17) is 37.2 Å². The molecule has 0 aliphatic heterocycles. The number of rotatable bonds is 5. The first-order valence-corrected chi connectivity index (χ1v) is 8.76. The summed E-state index contributed by atoms with van der Waals surface area (Å²) in [7, 11) is 2.90. The number of nitrogens with one attached hydrogen (secondary N) is 1. The molecule has 146 valence electrons. The van der Waals surface area contributed by atoms with Gasteiger partial charge < -0.3 is 19.3 Å². The van der Waals surface area contributed by atoms with Crippen molar-refractivity contribution >= 4 is 34.8 Å². The third kappa shape index (κ3) is 3.63. The zero-order valence-electron chi connectivity index (χ0n) is 15.1. The summed E-state index contributed by atoms with van der Waals surface area (Å²) in [5.74, 6) is -0.302. The van der Waals surface area contributed by atoms with E-state index in [1.165, 1.54) is 44.6 Å². The lowest BCUT2D eigenvalue weighted by molar-refractivity contribution is 0.102. The number of anilines is 1. The molecular formula is C19H15Cl2FN2O4. The van der Waals surface area contributed by atoms with E-state index in [0.717, 1.165) is 0 Å². The van der Waals surface area contributed by atoms with Crippen LogP contribution in [-0.4, -0.2) is 25.3 Å². The second kappa shape index (κ2) is 8.08. The number of halogens is 3. The SMILES string of the molecule is COc1cc(OC)c(NC(=O)c2c(-c3c(F)cccc3Cl)noc2C)cc1Cl. The van der Waals surface area contributed by atoms with Crippen LogP contribution in [0.15, 0.2) is 34.9 Å². The van der Waals surface area contributed by atoms with Gasteiger partial charge in [-0.3, -0.25) is 4.79 Å². The third-order valence-corrected chi connectivity index (χ3v) is 4.62. The van der Waals surface area contributed by atoms with Crippen LogP contribution in [0.5, 0.6) is 11.5 Å². The number of carbonyl (C=O) groups is 1. The fourth-order valence-corrected chi connectivity index (χ4v) is 3.17. The van der Waals surface area contributed by atoms with Crippen LogP contribution < -0.4 is 14.8 Å². The number of nitrogens with zero attached hydrogens (tertiary/aromatic N) is 1. The average Bonchev–Trinajstić information content (AvgIpc) is 3.03. The maximum atomic E-state index is 14.3. The van der Waals surface area contributed by atoms with Gasteiger partial charge in [0, 0.05) is 6.07 Å². The van der Waals surface area contributed by atoms with Gasteiger partial charge in [-0.15, -0.1) is 0 Å². The van der Waals surface area contributed by atoms with E-state index in [1.54, 1.807) is 6.92 Å². The maximum Gasteiger partial charge on any atom is 0.261 e. The zero-order valence-corrected chi connectivity index (χ0v) is 16.6. The first-order valence-electron chi connectivity index (χ1n) is 8.00. The molecule has 2 aromatic carbocycles. The van der Waals surface area contributed by atoms with Crippen LogP contribution in [0.2, 0.25) is 10.0 Å². The first kappa shape index (κ1) is 20.0. The summed E-state index contributed by atoms with van der Waals surface area (Å²) in [4.78, 5) is 12.9. The number of methoxy groups -OCH3 is 2. The molecule has 6 nitrogen and oxygen atoms in total. The highest BCUT2D eigenvalue weighted by atomic mass is 35.5. The van der Waals surface area contributed by atoms with E-state index >= 15 is 0 Å².